The smallest absolute Gasteiger partial charge is 0.332 e. The van der Waals surface area contributed by atoms with Gasteiger partial charge in [-0.15, -0.1) is 0 Å². The molecule has 0 unspecified atom stereocenters. The number of benzene rings is 1. The van der Waals surface area contributed by atoms with Crippen molar-refractivity contribution >= 4 is 10.9 Å². The van der Waals surface area contributed by atoms with Crippen LogP contribution in [0.25, 0.3) is 16.6 Å². The molecular formula is C12H9N3O2. The highest BCUT2D eigenvalue weighted by Gasteiger charge is 2.05. The summed E-state index contributed by atoms with van der Waals surface area (Å²) < 4.78 is 1.41. The largest absolute Gasteiger partial charge is 0.361 e. The van der Waals surface area contributed by atoms with Crippen LogP contribution < -0.4 is 11.2 Å². The van der Waals surface area contributed by atoms with E-state index in [1.807, 2.05) is 30.5 Å². The number of nitrogens with zero attached hydrogens (tertiary/aromatic N) is 1. The van der Waals surface area contributed by atoms with Gasteiger partial charge in [0, 0.05) is 29.4 Å². The normalized spacial score (nSPS) is 10.8. The molecule has 3 aromatic rings. The minimum atomic E-state index is -0.439. The molecule has 0 atom stereocenters. The van der Waals surface area contributed by atoms with Gasteiger partial charge >= 0.3 is 5.69 Å². The van der Waals surface area contributed by atoms with Crippen LogP contribution in [0.15, 0.2) is 52.3 Å². The fourth-order valence-corrected chi connectivity index (χ4v) is 1.89. The van der Waals surface area contributed by atoms with E-state index < -0.39 is 11.2 Å². The molecular weight excluding hydrogens is 218 g/mol. The molecule has 0 saturated carbocycles. The molecule has 2 aromatic heterocycles. The van der Waals surface area contributed by atoms with E-state index in [1.165, 1.54) is 16.8 Å². The SMILES string of the molecule is O=c1ccn(-c2cccc3[nH]ccc23)c(=O)[nH]1. The number of hydrogen-bond acceptors (Lipinski definition) is 2. The van der Waals surface area contributed by atoms with E-state index in [2.05, 4.69) is 9.97 Å². The van der Waals surface area contributed by atoms with Crippen molar-refractivity contribution in [3.63, 3.8) is 0 Å². The Morgan fingerprint density at radius 2 is 1.94 bits per heavy atom. The number of aromatic nitrogens is 3. The average Bonchev–Trinajstić information content (AvgIpc) is 2.77. The molecule has 5 heteroatoms. The Kier molecular flexibility index (Phi) is 1.98. The maximum Gasteiger partial charge on any atom is 0.332 e. The van der Waals surface area contributed by atoms with Crippen LogP contribution >= 0.6 is 0 Å². The van der Waals surface area contributed by atoms with Gasteiger partial charge < -0.3 is 4.98 Å². The molecule has 0 aliphatic heterocycles. The van der Waals surface area contributed by atoms with Crippen LogP contribution in [0.4, 0.5) is 0 Å². The van der Waals surface area contributed by atoms with E-state index in [0.29, 0.717) is 0 Å². The molecule has 1 aromatic carbocycles. The number of fused-ring (bicyclic) bond motifs is 1. The van der Waals surface area contributed by atoms with E-state index in [4.69, 9.17) is 0 Å². The number of nitrogens with one attached hydrogen (secondary N) is 2. The Morgan fingerprint density at radius 3 is 2.76 bits per heavy atom. The van der Waals surface area contributed by atoms with Crippen molar-refractivity contribution in [2.24, 2.45) is 0 Å². The lowest BCUT2D eigenvalue weighted by Gasteiger charge is -2.05. The molecule has 17 heavy (non-hydrogen) atoms. The first-order valence-corrected chi connectivity index (χ1v) is 5.14. The number of rotatable bonds is 1. The van der Waals surface area contributed by atoms with E-state index >= 15 is 0 Å². The summed E-state index contributed by atoms with van der Waals surface area (Å²) in [6.07, 6.45) is 3.29. The van der Waals surface area contributed by atoms with Gasteiger partial charge in [0.1, 0.15) is 0 Å². The maximum absolute atomic E-state index is 11.7. The molecule has 0 fully saturated rings. The highest BCUT2D eigenvalue weighted by Crippen LogP contribution is 2.19. The van der Waals surface area contributed by atoms with Gasteiger partial charge in [-0.2, -0.15) is 0 Å². The third-order valence-electron chi connectivity index (χ3n) is 2.66. The average molecular weight is 227 g/mol. The first kappa shape index (κ1) is 9.65. The fourth-order valence-electron chi connectivity index (χ4n) is 1.89. The van der Waals surface area contributed by atoms with Crippen LogP contribution in [0.1, 0.15) is 0 Å². The lowest BCUT2D eigenvalue weighted by Crippen LogP contribution is -2.27. The highest BCUT2D eigenvalue weighted by molar-refractivity contribution is 5.87. The molecule has 84 valence electrons. The zero-order valence-electron chi connectivity index (χ0n) is 8.81. The predicted molar refractivity (Wildman–Crippen MR) is 64.5 cm³/mol. The Morgan fingerprint density at radius 1 is 1.06 bits per heavy atom. The van der Waals surface area contributed by atoms with Crippen molar-refractivity contribution in [2.75, 3.05) is 0 Å². The molecule has 0 aliphatic carbocycles. The first-order chi connectivity index (χ1) is 8.25. The standard InChI is InChI=1S/C12H9N3O2/c16-11-5-7-15(12(17)14-11)10-3-1-2-9-8(10)4-6-13-9/h1-7,13H,(H,14,16,17). The number of hydrogen-bond donors (Lipinski definition) is 2. The zero-order chi connectivity index (χ0) is 11.8. The number of H-pyrrole nitrogens is 2. The van der Waals surface area contributed by atoms with Crippen LogP contribution in [0.2, 0.25) is 0 Å². The lowest BCUT2D eigenvalue weighted by molar-refractivity contribution is 0.902. The minimum absolute atomic E-state index is 0.396. The molecule has 3 rings (SSSR count). The first-order valence-electron chi connectivity index (χ1n) is 5.14. The molecule has 0 spiro atoms. The second-order valence-electron chi connectivity index (χ2n) is 3.70. The summed E-state index contributed by atoms with van der Waals surface area (Å²) in [6, 6.07) is 8.83. The molecule has 2 heterocycles. The zero-order valence-corrected chi connectivity index (χ0v) is 8.81. The quantitative estimate of drug-likeness (QED) is 0.651. The molecule has 0 amide bonds. The fraction of sp³-hybridized carbons (Fsp3) is 0. The second kappa shape index (κ2) is 3.48. The topological polar surface area (TPSA) is 70.7 Å². The summed E-state index contributed by atoms with van der Waals surface area (Å²) in [7, 11) is 0. The molecule has 0 saturated heterocycles. The second-order valence-corrected chi connectivity index (χ2v) is 3.70. The van der Waals surface area contributed by atoms with Crippen molar-refractivity contribution in [1.29, 1.82) is 0 Å². The van der Waals surface area contributed by atoms with Crippen molar-refractivity contribution in [3.05, 3.63) is 63.6 Å². The Balaban J connectivity index is 2.38. The van der Waals surface area contributed by atoms with Gasteiger partial charge in [-0.25, -0.2) is 4.79 Å². The van der Waals surface area contributed by atoms with Crippen LogP contribution in [-0.4, -0.2) is 14.5 Å². The molecule has 0 radical (unpaired) electrons. The van der Waals surface area contributed by atoms with Gasteiger partial charge in [0.15, 0.2) is 0 Å². The summed E-state index contributed by atoms with van der Waals surface area (Å²) in [5.41, 5.74) is 0.851. The van der Waals surface area contributed by atoms with E-state index in [-0.39, 0.29) is 0 Å². The van der Waals surface area contributed by atoms with Crippen molar-refractivity contribution in [3.8, 4) is 5.69 Å². The molecule has 5 nitrogen and oxygen atoms in total. The Labute approximate surface area is 95.4 Å². The van der Waals surface area contributed by atoms with Gasteiger partial charge in [-0.1, -0.05) is 6.07 Å². The van der Waals surface area contributed by atoms with Crippen LogP contribution in [0, 0.1) is 0 Å². The van der Waals surface area contributed by atoms with Crippen molar-refractivity contribution in [2.45, 2.75) is 0 Å². The summed E-state index contributed by atoms with van der Waals surface area (Å²) >= 11 is 0. The summed E-state index contributed by atoms with van der Waals surface area (Å²) in [5, 5.41) is 0.932. The monoisotopic (exact) mass is 227 g/mol. The third kappa shape index (κ3) is 1.48. The number of aromatic amines is 2. The van der Waals surface area contributed by atoms with Gasteiger partial charge in [-0.3, -0.25) is 14.3 Å². The van der Waals surface area contributed by atoms with Crippen molar-refractivity contribution < 1.29 is 0 Å². The summed E-state index contributed by atoms with van der Waals surface area (Å²) in [4.78, 5) is 28.0. The van der Waals surface area contributed by atoms with Crippen LogP contribution in [0.5, 0.6) is 0 Å². The highest BCUT2D eigenvalue weighted by atomic mass is 16.2. The van der Waals surface area contributed by atoms with Gasteiger partial charge in [0.2, 0.25) is 0 Å². The van der Waals surface area contributed by atoms with Gasteiger partial charge in [0.05, 0.1) is 5.69 Å². The van der Waals surface area contributed by atoms with E-state index in [9.17, 15) is 9.59 Å². The molecule has 0 bridgehead atoms. The molecule has 0 aliphatic rings. The van der Waals surface area contributed by atoms with Gasteiger partial charge in [-0.05, 0) is 18.2 Å². The van der Waals surface area contributed by atoms with Gasteiger partial charge in [0.25, 0.3) is 5.56 Å². The molecule has 2 N–H and O–H groups in total. The summed E-state index contributed by atoms with van der Waals surface area (Å²) in [5.74, 6) is 0. The maximum atomic E-state index is 11.7. The lowest BCUT2D eigenvalue weighted by atomic mass is 10.2. The van der Waals surface area contributed by atoms with E-state index in [1.54, 1.807) is 0 Å². The van der Waals surface area contributed by atoms with Crippen LogP contribution in [-0.2, 0) is 0 Å². The van der Waals surface area contributed by atoms with Crippen LogP contribution in [0.3, 0.4) is 0 Å². The predicted octanol–water partition coefficient (Wildman–Crippen LogP) is 1.01. The summed E-state index contributed by atoms with van der Waals surface area (Å²) in [6.45, 7) is 0. The Hall–Kier alpha value is -2.56. The Bertz CT molecular complexity index is 795. The van der Waals surface area contributed by atoms with E-state index in [0.717, 1.165) is 16.6 Å². The third-order valence-corrected chi connectivity index (χ3v) is 2.66. The van der Waals surface area contributed by atoms with Crippen molar-refractivity contribution in [1.82, 2.24) is 14.5 Å². The minimum Gasteiger partial charge on any atom is -0.361 e.